The number of carboxylic acid groups (broad SMARTS) is 1. The molecule has 5 atom stereocenters. The summed E-state index contributed by atoms with van der Waals surface area (Å²) in [5, 5.41) is 15.6. The molecule has 0 radical (unpaired) electrons. The number of pyridine rings is 2. The third kappa shape index (κ3) is 3.57. The second kappa shape index (κ2) is 7.77. The summed E-state index contributed by atoms with van der Waals surface area (Å²) in [6, 6.07) is 1.46. The summed E-state index contributed by atoms with van der Waals surface area (Å²) in [5.74, 6) is -4.47. The van der Waals surface area contributed by atoms with Gasteiger partial charge < -0.3 is 15.7 Å². The lowest BCUT2D eigenvalue weighted by Crippen LogP contribution is -2.46. The van der Waals surface area contributed by atoms with Crippen LogP contribution in [0.3, 0.4) is 0 Å². The minimum absolute atomic E-state index is 0.0239. The van der Waals surface area contributed by atoms with E-state index in [1.807, 2.05) is 13.8 Å². The second-order valence-electron chi connectivity index (χ2n) is 8.28. The van der Waals surface area contributed by atoms with Crippen LogP contribution in [0.25, 0.3) is 0 Å². The van der Waals surface area contributed by atoms with Crippen molar-refractivity contribution in [2.75, 3.05) is 17.2 Å². The predicted octanol–water partition coefficient (Wildman–Crippen LogP) is 4.00. The highest BCUT2D eigenvalue weighted by Crippen LogP contribution is 2.38. The van der Waals surface area contributed by atoms with Gasteiger partial charge in [-0.25, -0.2) is 23.1 Å². The van der Waals surface area contributed by atoms with Crippen molar-refractivity contribution in [1.82, 2.24) is 9.97 Å². The van der Waals surface area contributed by atoms with Crippen LogP contribution in [0.5, 0.6) is 0 Å². The van der Waals surface area contributed by atoms with Crippen molar-refractivity contribution in [2.45, 2.75) is 38.6 Å². The first-order valence-corrected chi connectivity index (χ1v) is 10.0. The number of hydrogen-bond acceptors (Lipinski definition) is 5. The maximum atomic E-state index is 14.6. The van der Waals surface area contributed by atoms with Crippen LogP contribution < -0.4 is 10.6 Å². The van der Waals surface area contributed by atoms with Crippen LogP contribution in [-0.4, -0.2) is 33.6 Å². The van der Waals surface area contributed by atoms with E-state index in [-0.39, 0.29) is 29.9 Å². The molecule has 4 unspecified atom stereocenters. The molecule has 4 rings (SSSR count). The maximum Gasteiger partial charge on any atom is 0.308 e. The van der Waals surface area contributed by atoms with E-state index < -0.39 is 41.3 Å². The van der Waals surface area contributed by atoms with Gasteiger partial charge in [-0.15, -0.1) is 0 Å². The van der Waals surface area contributed by atoms with Crippen LogP contribution in [0.1, 0.15) is 43.9 Å². The van der Waals surface area contributed by atoms with Crippen LogP contribution >= 0.6 is 0 Å². The van der Waals surface area contributed by atoms with E-state index in [1.165, 1.54) is 6.07 Å². The topological polar surface area (TPSA) is 87.1 Å². The average Bonchev–Trinajstić information content (AvgIpc) is 3.09. The van der Waals surface area contributed by atoms with E-state index in [0.717, 1.165) is 25.1 Å². The Morgan fingerprint density at radius 1 is 1.17 bits per heavy atom. The zero-order valence-electron chi connectivity index (χ0n) is 16.6. The molecule has 1 aliphatic carbocycles. The first-order valence-electron chi connectivity index (χ1n) is 10.0. The number of carboxylic acids is 1. The first kappa shape index (κ1) is 20.4. The van der Waals surface area contributed by atoms with Gasteiger partial charge in [0.25, 0.3) is 0 Å². The first-order chi connectivity index (χ1) is 14.3. The molecule has 160 valence electrons. The van der Waals surface area contributed by atoms with Gasteiger partial charge in [-0.1, -0.05) is 13.8 Å². The lowest BCUT2D eigenvalue weighted by Gasteiger charge is -2.39. The summed E-state index contributed by atoms with van der Waals surface area (Å²) in [6.07, 6.45) is 2.63. The number of aliphatic carboxylic acids is 1. The molecule has 2 aromatic rings. The largest absolute Gasteiger partial charge is 0.481 e. The Balaban J connectivity index is 1.69. The SMILES string of the molecule is CC1CCC(C)[C@@H](Nc2nc(C3CNc4ncc(F)cc43)c(F)cc2F)C1C(=O)O. The Hall–Kier alpha value is -2.84. The number of nitrogens with zero attached hydrogens (tertiary/aromatic N) is 2. The van der Waals surface area contributed by atoms with Gasteiger partial charge in [0.1, 0.15) is 17.5 Å². The predicted molar refractivity (Wildman–Crippen MR) is 105 cm³/mol. The molecule has 0 aromatic carbocycles. The van der Waals surface area contributed by atoms with E-state index in [2.05, 4.69) is 20.6 Å². The van der Waals surface area contributed by atoms with Gasteiger partial charge in [-0.3, -0.25) is 4.79 Å². The fourth-order valence-corrected chi connectivity index (χ4v) is 4.63. The van der Waals surface area contributed by atoms with Crippen molar-refractivity contribution in [3.8, 4) is 0 Å². The van der Waals surface area contributed by atoms with Crippen LogP contribution in [0.2, 0.25) is 0 Å². The molecule has 0 saturated heterocycles. The third-order valence-corrected chi connectivity index (χ3v) is 6.30. The Bertz CT molecular complexity index is 987. The van der Waals surface area contributed by atoms with Crippen LogP contribution in [0.4, 0.5) is 24.8 Å². The average molecular weight is 420 g/mol. The number of fused-ring (bicyclic) bond motifs is 1. The van der Waals surface area contributed by atoms with Gasteiger partial charge in [0.15, 0.2) is 11.6 Å². The summed E-state index contributed by atoms with van der Waals surface area (Å²) in [7, 11) is 0. The van der Waals surface area contributed by atoms with Gasteiger partial charge >= 0.3 is 5.97 Å². The molecule has 9 heteroatoms. The number of aromatic nitrogens is 2. The van der Waals surface area contributed by atoms with Gasteiger partial charge in [0, 0.05) is 24.2 Å². The van der Waals surface area contributed by atoms with Crippen molar-refractivity contribution in [1.29, 1.82) is 0 Å². The fraction of sp³-hybridized carbons (Fsp3) is 0.476. The molecule has 0 amide bonds. The van der Waals surface area contributed by atoms with Crippen molar-refractivity contribution < 1.29 is 23.1 Å². The summed E-state index contributed by atoms with van der Waals surface area (Å²) in [5.41, 5.74) is 0.406. The summed E-state index contributed by atoms with van der Waals surface area (Å²) >= 11 is 0. The van der Waals surface area contributed by atoms with Crippen molar-refractivity contribution in [3.63, 3.8) is 0 Å². The Morgan fingerprint density at radius 2 is 1.90 bits per heavy atom. The Morgan fingerprint density at radius 3 is 2.63 bits per heavy atom. The normalized spacial score (nSPS) is 28.0. The molecule has 3 N–H and O–H groups in total. The molecule has 2 aliphatic rings. The van der Waals surface area contributed by atoms with Crippen LogP contribution in [0.15, 0.2) is 18.3 Å². The molecule has 1 saturated carbocycles. The highest BCUT2D eigenvalue weighted by Gasteiger charge is 2.41. The molecule has 1 aliphatic heterocycles. The van der Waals surface area contributed by atoms with Crippen LogP contribution in [-0.2, 0) is 4.79 Å². The maximum absolute atomic E-state index is 14.6. The number of halogens is 3. The molecule has 1 fully saturated rings. The zero-order chi connectivity index (χ0) is 21.6. The highest BCUT2D eigenvalue weighted by molar-refractivity contribution is 5.72. The highest BCUT2D eigenvalue weighted by atomic mass is 19.1. The van der Waals surface area contributed by atoms with E-state index in [4.69, 9.17) is 0 Å². The van der Waals surface area contributed by atoms with E-state index in [1.54, 1.807) is 0 Å². The number of carbonyl (C=O) groups is 1. The molecule has 0 bridgehead atoms. The number of rotatable bonds is 4. The van der Waals surface area contributed by atoms with Gasteiger partial charge in [0.2, 0.25) is 0 Å². The minimum atomic E-state index is -0.954. The molecular weight excluding hydrogens is 397 g/mol. The molecule has 2 aromatic heterocycles. The van der Waals surface area contributed by atoms with Gasteiger partial charge in [-0.2, -0.15) is 0 Å². The summed E-state index contributed by atoms with van der Waals surface area (Å²) in [6.45, 7) is 4.02. The molecule has 6 nitrogen and oxygen atoms in total. The monoisotopic (exact) mass is 420 g/mol. The van der Waals surface area contributed by atoms with Crippen molar-refractivity contribution in [3.05, 3.63) is 47.0 Å². The van der Waals surface area contributed by atoms with E-state index >= 15 is 0 Å². The Kier molecular flexibility index (Phi) is 5.29. The van der Waals surface area contributed by atoms with Gasteiger partial charge in [-0.05, 0) is 30.7 Å². The minimum Gasteiger partial charge on any atom is -0.481 e. The fourth-order valence-electron chi connectivity index (χ4n) is 4.63. The molecule has 3 heterocycles. The van der Waals surface area contributed by atoms with Crippen LogP contribution in [0, 0.1) is 35.2 Å². The summed E-state index contributed by atoms with van der Waals surface area (Å²) < 4.78 is 42.9. The zero-order valence-corrected chi connectivity index (χ0v) is 16.6. The number of anilines is 2. The quantitative estimate of drug-likeness (QED) is 0.693. The van der Waals surface area contributed by atoms with E-state index in [0.29, 0.717) is 11.4 Å². The van der Waals surface area contributed by atoms with Crippen molar-refractivity contribution in [2.24, 2.45) is 17.8 Å². The summed E-state index contributed by atoms with van der Waals surface area (Å²) in [4.78, 5) is 20.0. The molecule has 30 heavy (non-hydrogen) atoms. The lowest BCUT2D eigenvalue weighted by atomic mass is 9.71. The lowest BCUT2D eigenvalue weighted by molar-refractivity contribution is -0.145. The third-order valence-electron chi connectivity index (χ3n) is 6.30. The smallest absolute Gasteiger partial charge is 0.308 e. The standard InChI is InChI=1S/C21H23F3N4O2/c1-9-3-4-10(2)17(16(9)21(29)30)27-20-15(24)6-14(23)18(28-20)13-8-26-19-12(13)5-11(22)7-25-19/h5-7,9-10,13,16-17H,3-4,8H2,1-2H3,(H,25,26)(H,27,28)(H,29,30)/t9?,10?,13?,16?,17-/m1/s1. The van der Waals surface area contributed by atoms with Gasteiger partial charge in [0.05, 0.1) is 23.7 Å². The molecular formula is C21H23F3N4O2. The van der Waals surface area contributed by atoms with E-state index in [9.17, 15) is 23.1 Å². The number of nitrogens with one attached hydrogen (secondary N) is 2. The van der Waals surface area contributed by atoms with Crippen molar-refractivity contribution >= 4 is 17.6 Å². The second-order valence-corrected chi connectivity index (χ2v) is 8.28. The number of hydrogen-bond donors (Lipinski definition) is 3. The Labute approximate surface area is 171 Å². The molecule has 0 spiro atoms.